The molecule has 18 heavy (non-hydrogen) atoms. The van der Waals surface area contributed by atoms with E-state index in [0.717, 1.165) is 22.4 Å². The molecule has 1 aliphatic rings. The fourth-order valence-corrected chi connectivity index (χ4v) is 3.75. The van der Waals surface area contributed by atoms with Crippen molar-refractivity contribution in [1.29, 1.82) is 0 Å². The summed E-state index contributed by atoms with van der Waals surface area (Å²) in [7, 11) is 0. The van der Waals surface area contributed by atoms with Crippen molar-refractivity contribution in [3.63, 3.8) is 0 Å². The van der Waals surface area contributed by atoms with E-state index in [9.17, 15) is 4.79 Å². The van der Waals surface area contributed by atoms with Gasteiger partial charge in [-0.2, -0.15) is 0 Å². The number of nitrogens with zero attached hydrogens (tertiary/aromatic N) is 1. The lowest BCUT2D eigenvalue weighted by Crippen LogP contribution is -2.44. The van der Waals surface area contributed by atoms with E-state index in [0.29, 0.717) is 6.04 Å². The number of nitrogens with one attached hydrogen (secondary N) is 1. The monoisotopic (exact) mass is 330 g/mol. The highest BCUT2D eigenvalue weighted by Gasteiger charge is 2.26. The molecule has 1 fully saturated rings. The van der Waals surface area contributed by atoms with Gasteiger partial charge in [0.05, 0.1) is 0 Å². The van der Waals surface area contributed by atoms with Crippen LogP contribution in [0.3, 0.4) is 0 Å². The molecule has 0 aromatic carbocycles. The third-order valence-corrected chi connectivity index (χ3v) is 5.10. The minimum absolute atomic E-state index is 0.139. The molecular weight excluding hydrogens is 312 g/mol. The summed E-state index contributed by atoms with van der Waals surface area (Å²) in [4.78, 5) is 15.3. The molecule has 100 valence electrons. The lowest BCUT2D eigenvalue weighted by Gasteiger charge is -2.29. The van der Waals surface area contributed by atoms with Gasteiger partial charge in [0.15, 0.2) is 0 Å². The summed E-state index contributed by atoms with van der Waals surface area (Å²) in [6.07, 6.45) is 2.38. The van der Waals surface area contributed by atoms with Gasteiger partial charge >= 0.3 is 0 Å². The molecule has 0 aliphatic carbocycles. The number of rotatable bonds is 4. The van der Waals surface area contributed by atoms with Crippen LogP contribution < -0.4 is 5.32 Å². The van der Waals surface area contributed by atoms with Gasteiger partial charge in [-0.15, -0.1) is 11.3 Å². The summed E-state index contributed by atoms with van der Waals surface area (Å²) in [5.74, 6) is 0.139. The van der Waals surface area contributed by atoms with Crippen molar-refractivity contribution in [1.82, 2.24) is 10.2 Å². The first-order valence-corrected chi connectivity index (χ1v) is 8.04. The topological polar surface area (TPSA) is 32.3 Å². The number of thiophene rings is 1. The Morgan fingerprint density at radius 2 is 2.44 bits per heavy atom. The Morgan fingerprint density at radius 1 is 1.67 bits per heavy atom. The number of carbonyl (C=O) groups excluding carboxylic acids is 1. The first-order chi connectivity index (χ1) is 8.59. The largest absolute Gasteiger partial charge is 0.334 e. The summed E-state index contributed by atoms with van der Waals surface area (Å²) < 4.78 is 0.905. The zero-order valence-corrected chi connectivity index (χ0v) is 13.2. The van der Waals surface area contributed by atoms with Crippen molar-refractivity contribution in [2.24, 2.45) is 0 Å². The summed E-state index contributed by atoms with van der Waals surface area (Å²) in [6, 6.07) is 2.62. The zero-order chi connectivity index (χ0) is 13.1. The highest BCUT2D eigenvalue weighted by molar-refractivity contribution is 9.10. The zero-order valence-electron chi connectivity index (χ0n) is 10.8. The van der Waals surface area contributed by atoms with Crippen molar-refractivity contribution >= 4 is 33.2 Å². The molecule has 2 rings (SSSR count). The summed E-state index contributed by atoms with van der Waals surface area (Å²) in [6.45, 7) is 6.04. The first kappa shape index (κ1) is 14.0. The first-order valence-electron chi connectivity index (χ1n) is 6.37. The molecule has 0 bridgehead atoms. The lowest BCUT2D eigenvalue weighted by atomic mass is 10.2. The fraction of sp³-hybridized carbons (Fsp3) is 0.615. The standard InChI is InChI=1S/C13H19BrN2OS/c1-9(2)16(8-10-4-3-6-15-10)13(17)12-11(14)5-7-18-12/h5,7,9-10,15H,3-4,6,8H2,1-2H3. The molecule has 1 N–H and O–H groups in total. The summed E-state index contributed by atoms with van der Waals surface area (Å²) in [5.41, 5.74) is 0. The molecular formula is C13H19BrN2OS. The van der Waals surface area contributed by atoms with E-state index in [1.807, 2.05) is 16.3 Å². The quantitative estimate of drug-likeness (QED) is 0.919. The molecule has 2 heterocycles. The van der Waals surface area contributed by atoms with Crippen molar-refractivity contribution in [3.8, 4) is 0 Å². The molecule has 1 saturated heterocycles. The molecule has 1 aromatic rings. The number of amides is 1. The second-order valence-electron chi connectivity index (χ2n) is 4.94. The third kappa shape index (κ3) is 3.13. The fourth-order valence-electron chi connectivity index (χ4n) is 2.25. The van der Waals surface area contributed by atoms with Crippen LogP contribution in [0.5, 0.6) is 0 Å². The van der Waals surface area contributed by atoms with Crippen molar-refractivity contribution in [3.05, 3.63) is 20.8 Å². The Hall–Kier alpha value is -0.390. The van der Waals surface area contributed by atoms with Crippen LogP contribution in [0, 0.1) is 0 Å². The molecule has 0 saturated carbocycles. The maximum absolute atomic E-state index is 12.5. The van der Waals surface area contributed by atoms with Crippen LogP contribution in [0.2, 0.25) is 0 Å². The molecule has 1 atom stereocenters. The normalized spacial score (nSPS) is 19.4. The van der Waals surface area contributed by atoms with Crippen LogP contribution in [0.15, 0.2) is 15.9 Å². The molecule has 1 aromatic heterocycles. The average Bonchev–Trinajstić information content (AvgIpc) is 2.95. The van der Waals surface area contributed by atoms with E-state index in [2.05, 4.69) is 35.1 Å². The summed E-state index contributed by atoms with van der Waals surface area (Å²) >= 11 is 4.95. The van der Waals surface area contributed by atoms with Gasteiger partial charge in [-0.05, 0) is 60.6 Å². The van der Waals surface area contributed by atoms with Gasteiger partial charge in [-0.25, -0.2) is 0 Å². The molecule has 1 aliphatic heterocycles. The van der Waals surface area contributed by atoms with Gasteiger partial charge in [-0.1, -0.05) is 0 Å². The van der Waals surface area contributed by atoms with Crippen LogP contribution in [-0.4, -0.2) is 36.0 Å². The third-order valence-electron chi connectivity index (χ3n) is 3.28. The molecule has 5 heteroatoms. The molecule has 1 amide bonds. The maximum Gasteiger partial charge on any atom is 0.265 e. The second-order valence-corrected chi connectivity index (χ2v) is 6.71. The van der Waals surface area contributed by atoms with E-state index >= 15 is 0 Å². The highest BCUT2D eigenvalue weighted by Crippen LogP contribution is 2.25. The van der Waals surface area contributed by atoms with Gasteiger partial charge in [-0.3, -0.25) is 4.79 Å². The maximum atomic E-state index is 12.5. The van der Waals surface area contributed by atoms with Gasteiger partial charge in [0.1, 0.15) is 4.88 Å². The van der Waals surface area contributed by atoms with Gasteiger partial charge in [0, 0.05) is 23.1 Å². The highest BCUT2D eigenvalue weighted by atomic mass is 79.9. The van der Waals surface area contributed by atoms with Crippen molar-refractivity contribution in [2.45, 2.75) is 38.8 Å². The molecule has 0 radical (unpaired) electrons. The van der Waals surface area contributed by atoms with E-state index in [1.54, 1.807) is 0 Å². The van der Waals surface area contributed by atoms with Gasteiger partial charge in [0.2, 0.25) is 0 Å². The van der Waals surface area contributed by atoms with Gasteiger partial charge < -0.3 is 10.2 Å². The number of hydrogen-bond donors (Lipinski definition) is 1. The van der Waals surface area contributed by atoms with Crippen LogP contribution in [0.1, 0.15) is 36.4 Å². The van der Waals surface area contributed by atoms with E-state index < -0.39 is 0 Å². The molecule has 0 spiro atoms. The van der Waals surface area contributed by atoms with Crippen molar-refractivity contribution in [2.75, 3.05) is 13.1 Å². The Morgan fingerprint density at radius 3 is 2.94 bits per heavy atom. The minimum Gasteiger partial charge on any atom is -0.334 e. The molecule has 3 nitrogen and oxygen atoms in total. The van der Waals surface area contributed by atoms with Crippen LogP contribution >= 0.6 is 27.3 Å². The van der Waals surface area contributed by atoms with E-state index in [1.165, 1.54) is 24.2 Å². The Balaban J connectivity index is 2.09. The number of hydrogen-bond acceptors (Lipinski definition) is 3. The Labute approximate surface area is 121 Å². The Kier molecular flexibility index (Phi) is 4.81. The predicted octanol–water partition coefficient (Wildman–Crippen LogP) is 3.11. The Bertz CT molecular complexity index is 413. The van der Waals surface area contributed by atoms with Crippen LogP contribution in [0.4, 0.5) is 0 Å². The van der Waals surface area contributed by atoms with Gasteiger partial charge in [0.25, 0.3) is 5.91 Å². The second kappa shape index (κ2) is 6.17. The SMILES string of the molecule is CC(C)N(CC1CCCN1)C(=O)c1sccc1Br. The number of halogens is 1. The van der Waals surface area contributed by atoms with E-state index in [4.69, 9.17) is 0 Å². The smallest absolute Gasteiger partial charge is 0.265 e. The average molecular weight is 331 g/mol. The van der Waals surface area contributed by atoms with Crippen molar-refractivity contribution < 1.29 is 4.79 Å². The lowest BCUT2D eigenvalue weighted by molar-refractivity contribution is 0.0693. The number of carbonyl (C=O) groups is 1. The van der Waals surface area contributed by atoms with E-state index in [-0.39, 0.29) is 11.9 Å². The molecule has 1 unspecified atom stereocenters. The minimum atomic E-state index is 0.139. The van der Waals surface area contributed by atoms with Crippen LogP contribution in [0.25, 0.3) is 0 Å². The summed E-state index contributed by atoms with van der Waals surface area (Å²) in [5, 5.41) is 5.40. The van der Waals surface area contributed by atoms with Crippen LogP contribution in [-0.2, 0) is 0 Å². The predicted molar refractivity (Wildman–Crippen MR) is 79.2 cm³/mol.